The number of nitrogens with zero attached hydrogens (tertiary/aromatic N) is 1. The van der Waals surface area contributed by atoms with Gasteiger partial charge in [-0.25, -0.2) is 0 Å². The first-order valence-electron chi connectivity index (χ1n) is 9.62. The molecule has 23 heavy (non-hydrogen) atoms. The minimum atomic E-state index is -0.0220. The molecule has 0 heterocycles. The van der Waals surface area contributed by atoms with Crippen molar-refractivity contribution in [1.29, 1.82) is 5.26 Å². The molecule has 0 aromatic rings. The molecule has 0 saturated heterocycles. The quantitative estimate of drug-likeness (QED) is 0.587. The van der Waals surface area contributed by atoms with Gasteiger partial charge in [-0.3, -0.25) is 4.79 Å². The van der Waals surface area contributed by atoms with Crippen LogP contribution in [0.5, 0.6) is 0 Å². The molecule has 0 N–H and O–H groups in total. The normalized spacial score (nSPS) is 50.8. The lowest BCUT2D eigenvalue weighted by atomic mass is 9.45. The first-order chi connectivity index (χ1) is 11.0. The molecule has 124 valence electrons. The Bertz CT molecular complexity index is 599. The smallest absolute Gasteiger partial charge is 0.137 e. The van der Waals surface area contributed by atoms with Gasteiger partial charge in [0.1, 0.15) is 5.78 Å². The Morgan fingerprint density at radius 1 is 1.17 bits per heavy atom. The van der Waals surface area contributed by atoms with Crippen molar-refractivity contribution >= 4 is 5.78 Å². The number of fused-ring (bicyclic) bond motifs is 5. The molecule has 2 heteroatoms. The van der Waals surface area contributed by atoms with Crippen LogP contribution in [0.2, 0.25) is 0 Å². The van der Waals surface area contributed by atoms with Gasteiger partial charge in [0.15, 0.2) is 0 Å². The molecule has 4 fully saturated rings. The van der Waals surface area contributed by atoms with Crippen LogP contribution in [0, 0.1) is 45.8 Å². The van der Waals surface area contributed by atoms with Gasteiger partial charge in [-0.1, -0.05) is 32.3 Å². The van der Waals surface area contributed by atoms with Crippen LogP contribution in [0.4, 0.5) is 0 Å². The highest BCUT2D eigenvalue weighted by Gasteiger charge is 2.61. The summed E-state index contributed by atoms with van der Waals surface area (Å²) in [5.74, 6) is 2.81. The third-order valence-electron chi connectivity index (χ3n) is 8.36. The highest BCUT2D eigenvalue weighted by Crippen LogP contribution is 2.66. The third-order valence-corrected chi connectivity index (χ3v) is 8.36. The van der Waals surface area contributed by atoms with Crippen molar-refractivity contribution in [2.75, 3.05) is 0 Å². The lowest BCUT2D eigenvalue weighted by Gasteiger charge is -2.59. The van der Waals surface area contributed by atoms with Crippen LogP contribution < -0.4 is 0 Å². The Hall–Kier alpha value is -1.10. The monoisotopic (exact) mass is 311 g/mol. The van der Waals surface area contributed by atoms with E-state index in [0.29, 0.717) is 30.0 Å². The minimum Gasteiger partial charge on any atom is -0.299 e. The second-order valence-corrected chi connectivity index (χ2v) is 9.17. The van der Waals surface area contributed by atoms with Crippen molar-refractivity contribution in [2.24, 2.45) is 34.5 Å². The Morgan fingerprint density at radius 2 is 2.00 bits per heavy atom. The number of Topliss-reactive ketones (excluding diaryl/α,β-unsaturated/α-hetero) is 1. The SMILES string of the molecule is C[C@]12CC(=O)C3C(CC[C@@H]4CCCC[C@]34C)C1CC/C2=C/C#N. The Kier molecular flexibility index (Phi) is 3.49. The van der Waals surface area contributed by atoms with Crippen molar-refractivity contribution in [3.8, 4) is 6.07 Å². The highest BCUT2D eigenvalue weighted by molar-refractivity contribution is 5.85. The molecular weight excluding hydrogens is 282 g/mol. The van der Waals surface area contributed by atoms with Crippen LogP contribution >= 0.6 is 0 Å². The van der Waals surface area contributed by atoms with E-state index in [1.165, 1.54) is 50.5 Å². The summed E-state index contributed by atoms with van der Waals surface area (Å²) < 4.78 is 0. The average molecular weight is 311 g/mol. The van der Waals surface area contributed by atoms with Gasteiger partial charge >= 0.3 is 0 Å². The van der Waals surface area contributed by atoms with Gasteiger partial charge in [-0.2, -0.15) is 5.26 Å². The predicted molar refractivity (Wildman–Crippen MR) is 90.4 cm³/mol. The maximum absolute atomic E-state index is 13.3. The van der Waals surface area contributed by atoms with Crippen molar-refractivity contribution < 1.29 is 4.79 Å². The van der Waals surface area contributed by atoms with Crippen LogP contribution in [0.1, 0.15) is 71.6 Å². The Labute approximate surface area is 140 Å². The van der Waals surface area contributed by atoms with E-state index in [-0.39, 0.29) is 10.8 Å². The number of hydrogen-bond donors (Lipinski definition) is 0. The number of hydrogen-bond acceptors (Lipinski definition) is 2. The first-order valence-corrected chi connectivity index (χ1v) is 9.62. The summed E-state index contributed by atoms with van der Waals surface area (Å²) in [5.41, 5.74) is 1.50. The van der Waals surface area contributed by atoms with E-state index >= 15 is 0 Å². The molecule has 0 radical (unpaired) electrons. The van der Waals surface area contributed by atoms with Gasteiger partial charge in [-0.15, -0.1) is 0 Å². The summed E-state index contributed by atoms with van der Waals surface area (Å²) in [6, 6.07) is 2.23. The Balaban J connectivity index is 1.72. The molecule has 0 amide bonds. The molecule has 4 aliphatic carbocycles. The number of carbonyl (C=O) groups excluding carboxylic acids is 1. The van der Waals surface area contributed by atoms with Gasteiger partial charge in [0, 0.05) is 18.4 Å². The fraction of sp³-hybridized carbons (Fsp3) is 0.810. The molecule has 4 saturated carbocycles. The standard InChI is InChI=1S/C21H29NO/c1-20-11-4-3-5-14(20)6-8-16-17-9-7-15(10-12-22)21(17,2)13-18(23)19(16)20/h10,14,16-17,19H,3-9,11,13H2,1-2H3/b15-10-/t14-,16?,17?,19?,20-,21+/m0/s1. The van der Waals surface area contributed by atoms with Gasteiger partial charge in [0.05, 0.1) is 6.07 Å². The molecule has 0 aliphatic heterocycles. The fourth-order valence-corrected chi connectivity index (χ4v) is 7.27. The number of ketones is 1. The number of rotatable bonds is 0. The summed E-state index contributed by atoms with van der Waals surface area (Å²) in [6.45, 7) is 4.71. The molecule has 0 aromatic carbocycles. The van der Waals surface area contributed by atoms with Crippen molar-refractivity contribution in [1.82, 2.24) is 0 Å². The van der Waals surface area contributed by atoms with E-state index in [9.17, 15) is 4.79 Å². The van der Waals surface area contributed by atoms with E-state index in [0.717, 1.165) is 12.3 Å². The van der Waals surface area contributed by atoms with Gasteiger partial charge in [0.2, 0.25) is 0 Å². The molecule has 2 nitrogen and oxygen atoms in total. The second-order valence-electron chi connectivity index (χ2n) is 9.17. The van der Waals surface area contributed by atoms with E-state index in [2.05, 4.69) is 19.9 Å². The van der Waals surface area contributed by atoms with Crippen LogP contribution in [-0.4, -0.2) is 5.78 Å². The van der Waals surface area contributed by atoms with Gasteiger partial charge in [0.25, 0.3) is 0 Å². The lowest BCUT2D eigenvalue weighted by Crippen LogP contribution is -2.56. The summed E-state index contributed by atoms with van der Waals surface area (Å²) >= 11 is 0. The van der Waals surface area contributed by atoms with Crippen LogP contribution in [0.3, 0.4) is 0 Å². The molecule has 6 atom stereocenters. The molecule has 3 unspecified atom stereocenters. The summed E-state index contributed by atoms with van der Waals surface area (Å²) in [4.78, 5) is 13.3. The van der Waals surface area contributed by atoms with Crippen molar-refractivity contribution in [2.45, 2.75) is 71.6 Å². The molecular formula is C21H29NO. The molecule has 0 aromatic heterocycles. The van der Waals surface area contributed by atoms with E-state index < -0.39 is 0 Å². The topological polar surface area (TPSA) is 40.9 Å². The molecule has 4 rings (SSSR count). The highest BCUT2D eigenvalue weighted by atomic mass is 16.1. The predicted octanol–water partition coefficient (Wildman–Crippen LogP) is 5.05. The maximum Gasteiger partial charge on any atom is 0.137 e. The number of carbonyl (C=O) groups is 1. The zero-order chi connectivity index (χ0) is 16.2. The lowest BCUT2D eigenvalue weighted by molar-refractivity contribution is -0.153. The van der Waals surface area contributed by atoms with Crippen molar-refractivity contribution in [3.63, 3.8) is 0 Å². The molecule has 0 bridgehead atoms. The van der Waals surface area contributed by atoms with Crippen LogP contribution in [0.15, 0.2) is 11.6 Å². The zero-order valence-corrected chi connectivity index (χ0v) is 14.6. The van der Waals surface area contributed by atoms with E-state index in [1.54, 1.807) is 6.08 Å². The van der Waals surface area contributed by atoms with Gasteiger partial charge < -0.3 is 0 Å². The molecule has 4 aliphatic rings. The molecule has 0 spiro atoms. The summed E-state index contributed by atoms with van der Waals surface area (Å²) in [5, 5.41) is 9.11. The van der Waals surface area contributed by atoms with Crippen molar-refractivity contribution in [3.05, 3.63) is 11.6 Å². The third kappa shape index (κ3) is 2.01. The second kappa shape index (κ2) is 5.20. The minimum absolute atomic E-state index is 0.0220. The van der Waals surface area contributed by atoms with Crippen LogP contribution in [-0.2, 0) is 4.79 Å². The summed E-state index contributed by atoms with van der Waals surface area (Å²) in [6.07, 6.45) is 12.5. The average Bonchev–Trinajstić information content (AvgIpc) is 2.83. The maximum atomic E-state index is 13.3. The first kappa shape index (κ1) is 15.4. The number of nitriles is 1. The summed E-state index contributed by atoms with van der Waals surface area (Å²) in [7, 11) is 0. The Morgan fingerprint density at radius 3 is 2.78 bits per heavy atom. The van der Waals surface area contributed by atoms with E-state index in [1.807, 2.05) is 0 Å². The van der Waals surface area contributed by atoms with Gasteiger partial charge in [-0.05, 0) is 67.1 Å². The number of allylic oxidation sites excluding steroid dienone is 2. The van der Waals surface area contributed by atoms with Crippen LogP contribution in [0.25, 0.3) is 0 Å². The largest absolute Gasteiger partial charge is 0.299 e. The zero-order valence-electron chi connectivity index (χ0n) is 14.6. The van der Waals surface area contributed by atoms with E-state index in [4.69, 9.17) is 5.26 Å². The fourth-order valence-electron chi connectivity index (χ4n) is 7.27.